The van der Waals surface area contributed by atoms with Crippen LogP contribution in [0.15, 0.2) is 24.3 Å². The van der Waals surface area contributed by atoms with Crippen LogP contribution in [0.2, 0.25) is 5.02 Å². The van der Waals surface area contributed by atoms with Crippen LogP contribution >= 0.6 is 24.0 Å². The van der Waals surface area contributed by atoms with Gasteiger partial charge in [-0.25, -0.2) is 0 Å². The summed E-state index contributed by atoms with van der Waals surface area (Å²) in [6, 6.07) is 7.60. The first kappa shape index (κ1) is 16.2. The second-order valence-electron chi connectivity index (χ2n) is 4.59. The summed E-state index contributed by atoms with van der Waals surface area (Å²) in [5.41, 5.74) is 6.81. The molecule has 4 nitrogen and oxygen atoms in total. The van der Waals surface area contributed by atoms with E-state index in [0.717, 1.165) is 12.1 Å². The molecule has 3 N–H and O–H groups in total. The number of halogens is 2. The third kappa shape index (κ3) is 3.60. The maximum atomic E-state index is 11.0. The summed E-state index contributed by atoms with van der Waals surface area (Å²) in [6.07, 6.45) is 0.677. The Balaban J connectivity index is 0.00000180. The second-order valence-corrected chi connectivity index (χ2v) is 5.00. The molecule has 0 amide bonds. The lowest BCUT2D eigenvalue weighted by molar-refractivity contribution is -0.141. The van der Waals surface area contributed by atoms with Gasteiger partial charge in [-0.3, -0.25) is 9.69 Å². The predicted octanol–water partition coefficient (Wildman–Crippen LogP) is 2.17. The quantitative estimate of drug-likeness (QED) is 0.894. The van der Waals surface area contributed by atoms with E-state index in [0.29, 0.717) is 24.5 Å². The lowest BCUT2D eigenvalue weighted by atomic mass is 10.1. The average Bonchev–Trinajstić information content (AvgIpc) is 2.82. The van der Waals surface area contributed by atoms with E-state index in [9.17, 15) is 4.79 Å². The molecule has 0 aromatic heterocycles. The predicted molar refractivity (Wildman–Crippen MR) is 77.8 cm³/mol. The molecule has 2 atom stereocenters. The van der Waals surface area contributed by atoms with Gasteiger partial charge in [-0.2, -0.15) is 0 Å². The van der Waals surface area contributed by atoms with Crippen molar-refractivity contribution in [2.45, 2.75) is 12.5 Å². The summed E-state index contributed by atoms with van der Waals surface area (Å²) in [4.78, 5) is 13.1. The van der Waals surface area contributed by atoms with Gasteiger partial charge in [-0.05, 0) is 24.6 Å². The monoisotopic (exact) mass is 304 g/mol. The van der Waals surface area contributed by atoms with Gasteiger partial charge >= 0.3 is 5.97 Å². The molecule has 1 aromatic carbocycles. The second kappa shape index (κ2) is 7.10. The number of nitrogens with zero attached hydrogens (tertiary/aromatic N) is 1. The van der Waals surface area contributed by atoms with Crippen molar-refractivity contribution in [3.8, 4) is 0 Å². The number of carboxylic acids is 1. The molecule has 1 fully saturated rings. The van der Waals surface area contributed by atoms with Gasteiger partial charge in [0.15, 0.2) is 0 Å². The standard InChI is InChI=1S/C13H17ClN2O2.ClH/c14-11-4-2-1-3-10(11)12(7-15)16-6-5-9(8-16)13(17)18;/h1-4,9,12H,5-8,15H2,(H,17,18);1H. The van der Waals surface area contributed by atoms with Gasteiger partial charge in [0.05, 0.1) is 5.92 Å². The molecule has 0 bridgehead atoms. The SMILES string of the molecule is Cl.NCC(c1ccccc1Cl)N1CCC(C(=O)O)C1. The van der Waals surface area contributed by atoms with Crippen molar-refractivity contribution in [3.05, 3.63) is 34.9 Å². The lowest BCUT2D eigenvalue weighted by Gasteiger charge is -2.27. The number of aliphatic carboxylic acids is 1. The zero-order chi connectivity index (χ0) is 13.1. The summed E-state index contributed by atoms with van der Waals surface area (Å²) >= 11 is 6.18. The van der Waals surface area contributed by atoms with Crippen molar-refractivity contribution in [1.29, 1.82) is 0 Å². The van der Waals surface area contributed by atoms with Crippen LogP contribution in [-0.4, -0.2) is 35.6 Å². The number of nitrogens with two attached hydrogens (primary N) is 1. The Morgan fingerprint density at radius 2 is 2.21 bits per heavy atom. The third-order valence-electron chi connectivity index (χ3n) is 3.50. The molecule has 106 valence electrons. The highest BCUT2D eigenvalue weighted by molar-refractivity contribution is 6.31. The molecule has 0 spiro atoms. The fourth-order valence-corrected chi connectivity index (χ4v) is 2.75. The first-order chi connectivity index (χ1) is 8.63. The molecule has 1 heterocycles. The van der Waals surface area contributed by atoms with Crippen LogP contribution in [0, 0.1) is 5.92 Å². The van der Waals surface area contributed by atoms with Crippen LogP contribution in [0.3, 0.4) is 0 Å². The highest BCUT2D eigenvalue weighted by Gasteiger charge is 2.32. The van der Waals surface area contributed by atoms with Crippen molar-refractivity contribution >= 4 is 30.0 Å². The fourth-order valence-electron chi connectivity index (χ4n) is 2.49. The zero-order valence-corrected chi connectivity index (χ0v) is 12.0. The Labute approximate surface area is 123 Å². The number of likely N-dealkylation sites (tertiary alicyclic amines) is 1. The van der Waals surface area contributed by atoms with E-state index in [1.165, 1.54) is 0 Å². The molecule has 19 heavy (non-hydrogen) atoms. The van der Waals surface area contributed by atoms with E-state index in [-0.39, 0.29) is 24.4 Å². The number of carbonyl (C=O) groups is 1. The molecule has 0 radical (unpaired) electrons. The summed E-state index contributed by atoms with van der Waals surface area (Å²) < 4.78 is 0. The van der Waals surface area contributed by atoms with Crippen molar-refractivity contribution in [1.82, 2.24) is 4.90 Å². The van der Waals surface area contributed by atoms with Crippen molar-refractivity contribution in [3.63, 3.8) is 0 Å². The topological polar surface area (TPSA) is 66.6 Å². The van der Waals surface area contributed by atoms with Gasteiger partial charge in [0, 0.05) is 24.2 Å². The normalized spacial score (nSPS) is 20.8. The molecule has 0 saturated carbocycles. The third-order valence-corrected chi connectivity index (χ3v) is 3.84. The van der Waals surface area contributed by atoms with E-state index in [1.807, 2.05) is 24.3 Å². The maximum absolute atomic E-state index is 11.0. The number of carboxylic acid groups (broad SMARTS) is 1. The van der Waals surface area contributed by atoms with E-state index >= 15 is 0 Å². The van der Waals surface area contributed by atoms with Crippen molar-refractivity contribution in [2.24, 2.45) is 11.7 Å². The Bertz CT molecular complexity index is 442. The molecule has 1 aliphatic rings. The van der Waals surface area contributed by atoms with Gasteiger partial charge in [0.25, 0.3) is 0 Å². The van der Waals surface area contributed by atoms with Crippen LogP contribution < -0.4 is 5.73 Å². The minimum atomic E-state index is -0.729. The van der Waals surface area contributed by atoms with Crippen LogP contribution in [0.5, 0.6) is 0 Å². The summed E-state index contributed by atoms with van der Waals surface area (Å²) in [7, 11) is 0. The fraction of sp³-hybridized carbons (Fsp3) is 0.462. The van der Waals surface area contributed by atoms with E-state index < -0.39 is 5.97 Å². The lowest BCUT2D eigenvalue weighted by Crippen LogP contribution is -2.33. The highest BCUT2D eigenvalue weighted by Crippen LogP contribution is 2.31. The zero-order valence-electron chi connectivity index (χ0n) is 10.5. The minimum absolute atomic E-state index is 0. The van der Waals surface area contributed by atoms with Crippen LogP contribution in [0.4, 0.5) is 0 Å². The Hall–Kier alpha value is -0.810. The number of hydrogen-bond donors (Lipinski definition) is 2. The molecule has 0 aliphatic carbocycles. The minimum Gasteiger partial charge on any atom is -0.481 e. The van der Waals surface area contributed by atoms with Crippen LogP contribution in [-0.2, 0) is 4.79 Å². The summed E-state index contributed by atoms with van der Waals surface area (Å²) in [5.74, 6) is -1.02. The number of rotatable bonds is 4. The van der Waals surface area contributed by atoms with E-state index in [1.54, 1.807) is 0 Å². The van der Waals surface area contributed by atoms with Crippen LogP contribution in [0.1, 0.15) is 18.0 Å². The largest absolute Gasteiger partial charge is 0.481 e. The maximum Gasteiger partial charge on any atom is 0.307 e. The van der Waals surface area contributed by atoms with Gasteiger partial charge in [-0.15, -0.1) is 12.4 Å². The summed E-state index contributed by atoms with van der Waals surface area (Å²) in [5, 5.41) is 9.71. The van der Waals surface area contributed by atoms with Gasteiger partial charge in [0.2, 0.25) is 0 Å². The van der Waals surface area contributed by atoms with E-state index in [2.05, 4.69) is 4.90 Å². The highest BCUT2D eigenvalue weighted by atomic mass is 35.5. The van der Waals surface area contributed by atoms with Gasteiger partial charge in [0.1, 0.15) is 0 Å². The molecule has 1 saturated heterocycles. The van der Waals surface area contributed by atoms with E-state index in [4.69, 9.17) is 22.4 Å². The molecular weight excluding hydrogens is 287 g/mol. The van der Waals surface area contributed by atoms with Crippen LogP contribution in [0.25, 0.3) is 0 Å². The smallest absolute Gasteiger partial charge is 0.307 e. The number of benzene rings is 1. The molecule has 2 rings (SSSR count). The molecular formula is C13H18Cl2N2O2. The van der Waals surface area contributed by atoms with Crippen molar-refractivity contribution in [2.75, 3.05) is 19.6 Å². The Morgan fingerprint density at radius 3 is 2.74 bits per heavy atom. The molecule has 2 unspecified atom stereocenters. The number of hydrogen-bond acceptors (Lipinski definition) is 3. The average molecular weight is 305 g/mol. The Kier molecular flexibility index (Phi) is 6.07. The molecule has 6 heteroatoms. The van der Waals surface area contributed by atoms with Crippen molar-refractivity contribution < 1.29 is 9.90 Å². The molecule has 1 aliphatic heterocycles. The molecule has 1 aromatic rings. The first-order valence-electron chi connectivity index (χ1n) is 6.05. The first-order valence-corrected chi connectivity index (χ1v) is 6.42. The Morgan fingerprint density at radius 1 is 1.53 bits per heavy atom. The van der Waals surface area contributed by atoms with Gasteiger partial charge in [-0.1, -0.05) is 29.8 Å². The van der Waals surface area contributed by atoms with Gasteiger partial charge < -0.3 is 10.8 Å². The summed E-state index contributed by atoms with van der Waals surface area (Å²) in [6.45, 7) is 1.74.